The van der Waals surface area contributed by atoms with Gasteiger partial charge in [0, 0.05) is 13.0 Å². The maximum absolute atomic E-state index is 11.9. The summed E-state index contributed by atoms with van der Waals surface area (Å²) in [5.41, 5.74) is 0.669. The molecule has 0 bridgehead atoms. The molecule has 0 aliphatic carbocycles. The fourth-order valence-electron chi connectivity index (χ4n) is 1.87. The third-order valence-corrected chi connectivity index (χ3v) is 2.85. The molecule has 1 aromatic heterocycles. The number of hydrogen-bond donors (Lipinski definition) is 0. The minimum atomic E-state index is 0.181. The normalized spacial score (nSPS) is 10.7. The van der Waals surface area contributed by atoms with Crippen LogP contribution in [0.5, 0.6) is 0 Å². The number of aryl methyl sites for hydroxylation is 1. The second-order valence-corrected chi connectivity index (χ2v) is 4.43. The maximum atomic E-state index is 11.9. The molecule has 0 aliphatic heterocycles. The van der Waals surface area contributed by atoms with E-state index in [1.807, 2.05) is 0 Å². The highest BCUT2D eigenvalue weighted by Gasteiger charge is 2.11. The van der Waals surface area contributed by atoms with E-state index >= 15 is 0 Å². The van der Waals surface area contributed by atoms with Crippen molar-refractivity contribution >= 4 is 5.78 Å². The lowest BCUT2D eigenvalue weighted by molar-refractivity contribution is 0.0968. The molecule has 0 N–H and O–H groups in total. The highest BCUT2D eigenvalue weighted by atomic mass is 16.1. The van der Waals surface area contributed by atoms with Crippen molar-refractivity contribution in [3.8, 4) is 0 Å². The average Bonchev–Trinajstić information content (AvgIpc) is 2.77. The Morgan fingerprint density at radius 1 is 1.18 bits per heavy atom. The van der Waals surface area contributed by atoms with Crippen LogP contribution in [-0.4, -0.2) is 20.8 Å². The molecule has 0 unspecified atom stereocenters. The van der Waals surface area contributed by atoms with Crippen LogP contribution in [0.25, 0.3) is 0 Å². The molecular weight excluding hydrogens is 214 g/mol. The SMILES string of the molecule is CCCCCCCC(=O)c1cnnn1CCC. The molecule has 1 heterocycles. The van der Waals surface area contributed by atoms with Crippen molar-refractivity contribution in [1.29, 1.82) is 0 Å². The molecule has 96 valence electrons. The van der Waals surface area contributed by atoms with Crippen LogP contribution in [0, 0.1) is 0 Å². The summed E-state index contributed by atoms with van der Waals surface area (Å²) in [5.74, 6) is 0.181. The largest absolute Gasteiger partial charge is 0.292 e. The maximum Gasteiger partial charge on any atom is 0.182 e. The monoisotopic (exact) mass is 237 g/mol. The quantitative estimate of drug-likeness (QED) is 0.489. The Morgan fingerprint density at radius 2 is 1.94 bits per heavy atom. The first kappa shape index (κ1) is 13.9. The summed E-state index contributed by atoms with van der Waals surface area (Å²) < 4.78 is 1.72. The number of unbranched alkanes of at least 4 members (excludes halogenated alkanes) is 4. The molecule has 17 heavy (non-hydrogen) atoms. The summed E-state index contributed by atoms with van der Waals surface area (Å²) >= 11 is 0. The molecule has 1 aromatic rings. The topological polar surface area (TPSA) is 47.8 Å². The van der Waals surface area contributed by atoms with Crippen LogP contribution < -0.4 is 0 Å². The lowest BCUT2D eigenvalue weighted by Crippen LogP contribution is -2.10. The Labute approximate surface area is 103 Å². The molecule has 0 fully saturated rings. The van der Waals surface area contributed by atoms with E-state index in [1.165, 1.54) is 19.3 Å². The first-order valence-electron chi connectivity index (χ1n) is 6.71. The lowest BCUT2D eigenvalue weighted by Gasteiger charge is -2.03. The van der Waals surface area contributed by atoms with Gasteiger partial charge in [-0.05, 0) is 12.8 Å². The van der Waals surface area contributed by atoms with Crippen molar-refractivity contribution in [3.63, 3.8) is 0 Å². The molecule has 0 saturated carbocycles. The molecule has 0 saturated heterocycles. The van der Waals surface area contributed by atoms with E-state index in [2.05, 4.69) is 24.2 Å². The number of Topliss-reactive ketones (excluding diaryl/α,β-unsaturated/α-hetero) is 1. The van der Waals surface area contributed by atoms with E-state index in [0.717, 1.165) is 25.8 Å². The number of ketones is 1. The smallest absolute Gasteiger partial charge is 0.182 e. The average molecular weight is 237 g/mol. The number of aromatic nitrogens is 3. The standard InChI is InChI=1S/C13H23N3O/c1-3-5-6-7-8-9-13(17)12-11-14-15-16(12)10-4-2/h11H,3-10H2,1-2H3. The van der Waals surface area contributed by atoms with Gasteiger partial charge < -0.3 is 0 Å². The van der Waals surface area contributed by atoms with Gasteiger partial charge in [-0.1, -0.05) is 44.7 Å². The zero-order chi connectivity index (χ0) is 12.5. The molecule has 0 aromatic carbocycles. The van der Waals surface area contributed by atoms with Gasteiger partial charge in [0.05, 0.1) is 6.20 Å². The number of rotatable bonds is 9. The zero-order valence-corrected chi connectivity index (χ0v) is 11.0. The van der Waals surface area contributed by atoms with Crippen LogP contribution in [-0.2, 0) is 6.54 Å². The predicted octanol–water partition coefficient (Wildman–Crippen LogP) is 3.23. The Morgan fingerprint density at radius 3 is 2.65 bits per heavy atom. The third-order valence-electron chi connectivity index (χ3n) is 2.85. The van der Waals surface area contributed by atoms with Crippen molar-refractivity contribution in [2.24, 2.45) is 0 Å². The summed E-state index contributed by atoms with van der Waals surface area (Å²) in [5, 5.41) is 7.74. The first-order valence-corrected chi connectivity index (χ1v) is 6.71. The lowest BCUT2D eigenvalue weighted by atomic mass is 10.1. The molecule has 4 nitrogen and oxygen atoms in total. The predicted molar refractivity (Wildman–Crippen MR) is 68.0 cm³/mol. The van der Waals surface area contributed by atoms with E-state index in [1.54, 1.807) is 10.9 Å². The van der Waals surface area contributed by atoms with Gasteiger partial charge in [-0.2, -0.15) is 0 Å². The summed E-state index contributed by atoms with van der Waals surface area (Å²) in [6.45, 7) is 5.04. The number of hydrogen-bond acceptors (Lipinski definition) is 3. The number of carbonyl (C=O) groups is 1. The second kappa shape index (κ2) is 7.98. The number of carbonyl (C=O) groups excluding carboxylic acids is 1. The van der Waals surface area contributed by atoms with Crippen LogP contribution in [0.1, 0.15) is 69.3 Å². The van der Waals surface area contributed by atoms with Gasteiger partial charge in [-0.25, -0.2) is 4.68 Å². The molecule has 0 spiro atoms. The second-order valence-electron chi connectivity index (χ2n) is 4.43. The van der Waals surface area contributed by atoms with E-state index in [9.17, 15) is 4.79 Å². The van der Waals surface area contributed by atoms with Crippen LogP contribution in [0.3, 0.4) is 0 Å². The van der Waals surface area contributed by atoms with Gasteiger partial charge in [-0.3, -0.25) is 4.79 Å². The van der Waals surface area contributed by atoms with Crippen LogP contribution in [0.15, 0.2) is 6.20 Å². The molecule has 0 radical (unpaired) electrons. The zero-order valence-electron chi connectivity index (χ0n) is 11.0. The van der Waals surface area contributed by atoms with Crippen molar-refractivity contribution in [2.45, 2.75) is 65.3 Å². The molecule has 1 rings (SSSR count). The van der Waals surface area contributed by atoms with E-state index < -0.39 is 0 Å². The minimum Gasteiger partial charge on any atom is -0.292 e. The van der Waals surface area contributed by atoms with Crippen molar-refractivity contribution in [3.05, 3.63) is 11.9 Å². The Balaban J connectivity index is 2.33. The van der Waals surface area contributed by atoms with Crippen LogP contribution in [0.4, 0.5) is 0 Å². The summed E-state index contributed by atoms with van der Waals surface area (Å²) in [6.07, 6.45) is 9.05. The van der Waals surface area contributed by atoms with Crippen LogP contribution >= 0.6 is 0 Å². The molecule has 0 atom stereocenters. The highest BCUT2D eigenvalue weighted by molar-refractivity contribution is 5.94. The fraction of sp³-hybridized carbons (Fsp3) is 0.769. The van der Waals surface area contributed by atoms with Crippen molar-refractivity contribution in [2.75, 3.05) is 0 Å². The summed E-state index contributed by atoms with van der Waals surface area (Å²) in [4.78, 5) is 11.9. The van der Waals surface area contributed by atoms with Gasteiger partial charge in [0.2, 0.25) is 0 Å². The highest BCUT2D eigenvalue weighted by Crippen LogP contribution is 2.09. The Bertz CT molecular complexity index is 333. The fourth-order valence-corrected chi connectivity index (χ4v) is 1.87. The third kappa shape index (κ3) is 4.67. The summed E-state index contributed by atoms with van der Waals surface area (Å²) in [7, 11) is 0. The molecule has 0 amide bonds. The van der Waals surface area contributed by atoms with E-state index in [-0.39, 0.29) is 5.78 Å². The van der Waals surface area contributed by atoms with E-state index in [0.29, 0.717) is 12.1 Å². The Hall–Kier alpha value is -1.19. The van der Waals surface area contributed by atoms with Crippen LogP contribution in [0.2, 0.25) is 0 Å². The summed E-state index contributed by atoms with van der Waals surface area (Å²) in [6, 6.07) is 0. The minimum absolute atomic E-state index is 0.181. The van der Waals surface area contributed by atoms with Gasteiger partial charge in [0.25, 0.3) is 0 Å². The Kier molecular flexibility index (Phi) is 6.51. The van der Waals surface area contributed by atoms with Crippen molar-refractivity contribution in [1.82, 2.24) is 15.0 Å². The van der Waals surface area contributed by atoms with Crippen molar-refractivity contribution < 1.29 is 4.79 Å². The molecule has 4 heteroatoms. The molecular formula is C13H23N3O. The van der Waals surface area contributed by atoms with Gasteiger partial charge in [0.1, 0.15) is 5.69 Å². The van der Waals surface area contributed by atoms with Gasteiger partial charge in [0.15, 0.2) is 5.78 Å². The first-order chi connectivity index (χ1) is 8.29. The molecule has 0 aliphatic rings. The van der Waals surface area contributed by atoms with Gasteiger partial charge >= 0.3 is 0 Å². The van der Waals surface area contributed by atoms with E-state index in [4.69, 9.17) is 0 Å². The number of nitrogens with zero attached hydrogens (tertiary/aromatic N) is 3. The van der Waals surface area contributed by atoms with Gasteiger partial charge in [-0.15, -0.1) is 5.10 Å².